The quantitative estimate of drug-likeness (QED) is 0.393. The van der Waals surface area contributed by atoms with Crippen LogP contribution in [0.5, 0.6) is 0 Å². The standard InChI is InChI=1S/CH9O4Si4/c1-9-4-7-2-6-3-8-5-9/h6-8H2,1H3. The van der Waals surface area contributed by atoms with Crippen LogP contribution in [0.15, 0.2) is 0 Å². The molecule has 0 unspecified atom stereocenters. The van der Waals surface area contributed by atoms with Crippen molar-refractivity contribution in [3.05, 3.63) is 0 Å². The summed E-state index contributed by atoms with van der Waals surface area (Å²) in [6.07, 6.45) is 0. The first-order chi connectivity index (χ1) is 4.39. The second-order valence-electron chi connectivity index (χ2n) is 1.54. The fourth-order valence-corrected chi connectivity index (χ4v) is 7.07. The Morgan fingerprint density at radius 3 is 2.11 bits per heavy atom. The molecule has 0 amide bonds. The van der Waals surface area contributed by atoms with Gasteiger partial charge in [0, 0.05) is 0 Å². The van der Waals surface area contributed by atoms with E-state index in [-0.39, 0.29) is 0 Å². The topological polar surface area (TPSA) is 36.9 Å². The van der Waals surface area contributed by atoms with Gasteiger partial charge in [-0.25, -0.2) is 0 Å². The summed E-state index contributed by atoms with van der Waals surface area (Å²) >= 11 is 0. The van der Waals surface area contributed by atoms with Gasteiger partial charge < -0.3 is 16.5 Å². The monoisotopic (exact) mass is 197 g/mol. The van der Waals surface area contributed by atoms with Crippen LogP contribution in [-0.4, -0.2) is 39.3 Å². The Morgan fingerprint density at radius 1 is 1.00 bits per heavy atom. The summed E-state index contributed by atoms with van der Waals surface area (Å²) in [6, 6.07) is 0. The zero-order valence-corrected chi connectivity index (χ0v) is 10.5. The molecule has 1 radical (unpaired) electrons. The molecule has 0 saturated carbocycles. The Labute approximate surface area is 62.9 Å². The van der Waals surface area contributed by atoms with Crippen LogP contribution >= 0.6 is 0 Å². The fourth-order valence-electron chi connectivity index (χ4n) is 0.418. The predicted molar refractivity (Wildman–Crippen MR) is 41.6 cm³/mol. The van der Waals surface area contributed by atoms with Gasteiger partial charge in [-0.2, -0.15) is 0 Å². The van der Waals surface area contributed by atoms with Crippen LogP contribution in [0.25, 0.3) is 0 Å². The minimum absolute atomic E-state index is 0.681. The average molecular weight is 197 g/mol. The summed E-state index contributed by atoms with van der Waals surface area (Å²) in [7, 11) is -3.07. The summed E-state index contributed by atoms with van der Waals surface area (Å²) in [5.74, 6) is 0. The molecule has 1 saturated heterocycles. The van der Waals surface area contributed by atoms with E-state index in [9.17, 15) is 0 Å². The lowest BCUT2D eigenvalue weighted by atomic mass is 11.9. The molecule has 0 spiro atoms. The minimum atomic E-state index is -0.956. The van der Waals surface area contributed by atoms with Gasteiger partial charge in [-0.3, -0.25) is 0 Å². The molecule has 1 heterocycles. The van der Waals surface area contributed by atoms with Crippen LogP contribution in [0.1, 0.15) is 0 Å². The molecular weight excluding hydrogens is 188 g/mol. The lowest BCUT2D eigenvalue weighted by molar-refractivity contribution is 0.333. The highest BCUT2D eigenvalue weighted by molar-refractivity contribution is 6.59. The molecule has 1 fully saturated rings. The van der Waals surface area contributed by atoms with Gasteiger partial charge in [-0.15, -0.1) is 0 Å². The first-order valence-corrected chi connectivity index (χ1v) is 7.92. The molecule has 4 nitrogen and oxygen atoms in total. The highest BCUT2D eigenvalue weighted by atomic mass is 28.4. The van der Waals surface area contributed by atoms with Crippen LogP contribution < -0.4 is 0 Å². The summed E-state index contributed by atoms with van der Waals surface area (Å²) in [5.41, 5.74) is 0. The van der Waals surface area contributed by atoms with Gasteiger partial charge in [0.2, 0.25) is 0 Å². The van der Waals surface area contributed by atoms with Crippen LogP contribution in [0.4, 0.5) is 0 Å². The molecule has 9 heavy (non-hydrogen) atoms. The molecule has 0 aliphatic carbocycles. The van der Waals surface area contributed by atoms with Crippen molar-refractivity contribution in [2.75, 3.05) is 0 Å². The van der Waals surface area contributed by atoms with E-state index in [2.05, 4.69) is 0 Å². The maximum atomic E-state index is 5.27. The van der Waals surface area contributed by atoms with Crippen molar-refractivity contribution in [1.82, 2.24) is 0 Å². The Hall–Kier alpha value is 0.708. The van der Waals surface area contributed by atoms with Crippen molar-refractivity contribution in [2.24, 2.45) is 0 Å². The van der Waals surface area contributed by atoms with Crippen molar-refractivity contribution < 1.29 is 16.5 Å². The van der Waals surface area contributed by atoms with Gasteiger partial charge in [0.15, 0.2) is 0 Å². The lowest BCUT2D eigenvalue weighted by Gasteiger charge is -2.15. The van der Waals surface area contributed by atoms with E-state index in [0.29, 0.717) is 0 Å². The zero-order chi connectivity index (χ0) is 6.53. The van der Waals surface area contributed by atoms with E-state index >= 15 is 0 Å². The maximum Gasteiger partial charge on any atom is 0.361 e. The normalized spacial score (nSPS) is 33.0. The molecule has 0 aromatic heterocycles. The summed E-state index contributed by atoms with van der Waals surface area (Å²) in [4.78, 5) is 0. The van der Waals surface area contributed by atoms with Crippen LogP contribution in [0, 0.1) is 0 Å². The van der Waals surface area contributed by atoms with Crippen LogP contribution in [0.2, 0.25) is 6.55 Å². The number of rotatable bonds is 0. The van der Waals surface area contributed by atoms with E-state index in [1.54, 1.807) is 0 Å². The van der Waals surface area contributed by atoms with Gasteiger partial charge in [0.1, 0.15) is 0 Å². The van der Waals surface area contributed by atoms with E-state index < -0.39 is 39.3 Å². The zero-order valence-electron chi connectivity index (χ0n) is 5.25. The number of hydrogen-bond donors (Lipinski definition) is 0. The van der Waals surface area contributed by atoms with Crippen molar-refractivity contribution in [3.63, 3.8) is 0 Å². The molecule has 1 aliphatic heterocycles. The van der Waals surface area contributed by atoms with Crippen LogP contribution in [0.3, 0.4) is 0 Å². The average Bonchev–Trinajstić information content (AvgIpc) is 1.79. The fraction of sp³-hybridized carbons (Fsp3) is 1.00. The Kier molecular flexibility index (Phi) is 3.92. The molecule has 0 aromatic rings. The number of hydrogen-bond acceptors (Lipinski definition) is 4. The molecule has 8 heteroatoms. The van der Waals surface area contributed by atoms with E-state index in [4.69, 9.17) is 16.5 Å². The SMILES string of the molecule is C[Si]1O[SiH2]O[SiH2]O[SiH2]O1. The minimum Gasteiger partial charge on any atom is -0.425 e. The molecule has 1 aliphatic rings. The molecule has 1 rings (SSSR count). The summed E-state index contributed by atoms with van der Waals surface area (Å²) < 4.78 is 20.9. The second-order valence-corrected chi connectivity index (χ2v) is 8.81. The van der Waals surface area contributed by atoms with Gasteiger partial charge in [-0.05, 0) is 6.55 Å². The Morgan fingerprint density at radius 2 is 1.56 bits per heavy atom. The first kappa shape index (κ1) is 7.81. The third kappa shape index (κ3) is 3.42. The van der Waals surface area contributed by atoms with Crippen molar-refractivity contribution in [1.29, 1.82) is 0 Å². The van der Waals surface area contributed by atoms with Gasteiger partial charge in [0.25, 0.3) is 30.0 Å². The third-order valence-corrected chi connectivity index (χ3v) is 7.72. The highest BCUT2D eigenvalue weighted by Crippen LogP contribution is 1.89. The highest BCUT2D eigenvalue weighted by Gasteiger charge is 2.09. The van der Waals surface area contributed by atoms with Gasteiger partial charge in [0.05, 0.1) is 0 Å². The molecule has 0 atom stereocenters. The van der Waals surface area contributed by atoms with Crippen LogP contribution in [-0.2, 0) is 16.5 Å². The molecule has 53 valence electrons. The predicted octanol–water partition coefficient (Wildman–Crippen LogP) is -2.82. The summed E-state index contributed by atoms with van der Waals surface area (Å²) in [6.45, 7) is 1.98. The van der Waals surface area contributed by atoms with E-state index in [0.717, 1.165) is 0 Å². The van der Waals surface area contributed by atoms with E-state index in [1.165, 1.54) is 0 Å². The van der Waals surface area contributed by atoms with Crippen molar-refractivity contribution in [2.45, 2.75) is 6.55 Å². The lowest BCUT2D eigenvalue weighted by Crippen LogP contribution is -2.30. The Bertz CT molecular complexity index is 71.0. The molecular formula is CH9O4Si4. The van der Waals surface area contributed by atoms with Gasteiger partial charge >= 0.3 is 9.28 Å². The molecule has 0 bridgehead atoms. The van der Waals surface area contributed by atoms with E-state index in [1.807, 2.05) is 6.55 Å². The smallest absolute Gasteiger partial charge is 0.361 e. The Balaban J connectivity index is 2.12. The maximum absolute atomic E-state index is 5.27. The van der Waals surface area contributed by atoms with Crippen molar-refractivity contribution in [3.8, 4) is 0 Å². The van der Waals surface area contributed by atoms with Gasteiger partial charge in [-0.1, -0.05) is 0 Å². The molecule has 0 aromatic carbocycles. The first-order valence-electron chi connectivity index (χ1n) is 2.64. The third-order valence-electron chi connectivity index (χ3n) is 0.858. The molecule has 0 N–H and O–H groups in total. The summed E-state index contributed by atoms with van der Waals surface area (Å²) in [5, 5.41) is 0. The van der Waals surface area contributed by atoms with Crippen molar-refractivity contribution >= 4 is 39.3 Å². The largest absolute Gasteiger partial charge is 0.425 e. The second kappa shape index (κ2) is 4.51.